The Morgan fingerprint density at radius 3 is 2.22 bits per heavy atom. The van der Waals surface area contributed by atoms with Gasteiger partial charge < -0.3 is 10.6 Å². The second-order valence-corrected chi connectivity index (χ2v) is 9.77. The van der Waals surface area contributed by atoms with Crippen molar-refractivity contribution in [3.8, 4) is 0 Å². The highest BCUT2D eigenvalue weighted by molar-refractivity contribution is 6.53. The Labute approximate surface area is 208 Å². The lowest BCUT2D eigenvalue weighted by molar-refractivity contribution is -0.117. The largest absolute Gasteiger partial charge is 0.326 e. The molecule has 0 bridgehead atoms. The molecule has 164 valence electrons. The Balaban J connectivity index is 1.50. The SMILES string of the molecule is O=C(Nc1cc(NC(=O)C2C(c3cc(Cl)cc(Cl)c3)C2(Cl)Cl)ccc1Cl)c1ncccn1. The van der Waals surface area contributed by atoms with Crippen LogP contribution in [0.5, 0.6) is 0 Å². The van der Waals surface area contributed by atoms with Crippen LogP contribution in [0.1, 0.15) is 22.1 Å². The first kappa shape index (κ1) is 23.1. The highest BCUT2D eigenvalue weighted by atomic mass is 35.5. The van der Waals surface area contributed by atoms with Gasteiger partial charge in [-0.15, -0.1) is 23.2 Å². The van der Waals surface area contributed by atoms with Crippen LogP contribution in [0.25, 0.3) is 0 Å². The topological polar surface area (TPSA) is 84.0 Å². The van der Waals surface area contributed by atoms with Crippen LogP contribution in [0, 0.1) is 5.92 Å². The van der Waals surface area contributed by atoms with Gasteiger partial charge in [0.2, 0.25) is 11.7 Å². The quantitative estimate of drug-likeness (QED) is 0.384. The first-order valence-electron chi connectivity index (χ1n) is 9.19. The first-order chi connectivity index (χ1) is 15.2. The van der Waals surface area contributed by atoms with Crippen molar-refractivity contribution in [3.05, 3.63) is 81.3 Å². The van der Waals surface area contributed by atoms with Gasteiger partial charge in [0.1, 0.15) is 4.33 Å². The highest BCUT2D eigenvalue weighted by Gasteiger charge is 2.67. The van der Waals surface area contributed by atoms with Crippen molar-refractivity contribution in [2.24, 2.45) is 5.92 Å². The fourth-order valence-corrected chi connectivity index (χ4v) is 4.87. The third kappa shape index (κ3) is 4.80. The fourth-order valence-electron chi connectivity index (χ4n) is 3.34. The smallest absolute Gasteiger partial charge is 0.293 e. The third-order valence-electron chi connectivity index (χ3n) is 4.83. The lowest BCUT2D eigenvalue weighted by Gasteiger charge is -2.10. The number of carbonyl (C=O) groups is 2. The van der Waals surface area contributed by atoms with E-state index in [1.54, 1.807) is 30.3 Å². The zero-order valence-corrected chi connectivity index (χ0v) is 19.7. The minimum absolute atomic E-state index is 0.0203. The molecule has 1 heterocycles. The Morgan fingerprint density at radius 2 is 1.56 bits per heavy atom. The lowest BCUT2D eigenvalue weighted by Crippen LogP contribution is -2.18. The molecule has 2 amide bonds. The maximum atomic E-state index is 12.9. The minimum atomic E-state index is -1.31. The number of rotatable bonds is 5. The molecule has 0 radical (unpaired) electrons. The molecule has 1 aliphatic rings. The maximum absolute atomic E-state index is 12.9. The van der Waals surface area contributed by atoms with Crippen LogP contribution in [0.3, 0.4) is 0 Å². The summed E-state index contributed by atoms with van der Waals surface area (Å²) in [6.45, 7) is 0. The summed E-state index contributed by atoms with van der Waals surface area (Å²) in [5, 5.41) is 6.49. The van der Waals surface area contributed by atoms with E-state index < -0.39 is 28.0 Å². The van der Waals surface area contributed by atoms with Gasteiger partial charge in [0.25, 0.3) is 5.91 Å². The molecular weight excluding hydrogens is 518 g/mol. The number of hydrogen-bond donors (Lipinski definition) is 2. The van der Waals surface area contributed by atoms with E-state index in [-0.39, 0.29) is 16.5 Å². The van der Waals surface area contributed by atoms with Crippen LogP contribution >= 0.6 is 58.0 Å². The summed E-state index contributed by atoms with van der Waals surface area (Å²) in [5.41, 5.74) is 1.33. The molecule has 0 saturated heterocycles. The lowest BCUT2D eigenvalue weighted by atomic mass is 10.1. The van der Waals surface area contributed by atoms with Crippen molar-refractivity contribution in [1.29, 1.82) is 0 Å². The van der Waals surface area contributed by atoms with E-state index in [0.29, 0.717) is 21.3 Å². The molecule has 32 heavy (non-hydrogen) atoms. The molecule has 11 heteroatoms. The first-order valence-corrected chi connectivity index (χ1v) is 11.1. The Kier molecular flexibility index (Phi) is 6.52. The van der Waals surface area contributed by atoms with Crippen LogP contribution in [-0.2, 0) is 4.79 Å². The number of aromatic nitrogens is 2. The van der Waals surface area contributed by atoms with Crippen LogP contribution in [0.15, 0.2) is 54.9 Å². The summed E-state index contributed by atoms with van der Waals surface area (Å²) in [4.78, 5) is 33.0. The number of anilines is 2. The number of carbonyl (C=O) groups excluding carboxylic acids is 2. The molecule has 1 fully saturated rings. The van der Waals surface area contributed by atoms with Gasteiger partial charge in [0, 0.05) is 34.0 Å². The van der Waals surface area contributed by atoms with Crippen molar-refractivity contribution in [3.63, 3.8) is 0 Å². The number of halogens is 5. The Hall–Kier alpha value is -2.09. The molecule has 1 saturated carbocycles. The molecule has 1 aliphatic carbocycles. The van der Waals surface area contributed by atoms with E-state index in [0.717, 1.165) is 0 Å². The van der Waals surface area contributed by atoms with Crippen molar-refractivity contribution in [2.45, 2.75) is 10.3 Å². The van der Waals surface area contributed by atoms with E-state index in [1.165, 1.54) is 24.5 Å². The zero-order chi connectivity index (χ0) is 23.0. The molecule has 3 aromatic rings. The van der Waals surface area contributed by atoms with Crippen molar-refractivity contribution < 1.29 is 9.59 Å². The summed E-state index contributed by atoms with van der Waals surface area (Å²) >= 11 is 31.1. The van der Waals surface area contributed by atoms with Gasteiger partial charge in [-0.2, -0.15) is 0 Å². The number of nitrogens with one attached hydrogen (secondary N) is 2. The molecule has 2 N–H and O–H groups in total. The third-order valence-corrected chi connectivity index (χ3v) is 6.54. The Morgan fingerprint density at radius 1 is 0.906 bits per heavy atom. The van der Waals surface area contributed by atoms with E-state index in [9.17, 15) is 9.59 Å². The van der Waals surface area contributed by atoms with Gasteiger partial charge in [0.05, 0.1) is 16.6 Å². The van der Waals surface area contributed by atoms with Crippen LogP contribution in [0.2, 0.25) is 15.1 Å². The van der Waals surface area contributed by atoms with E-state index in [2.05, 4.69) is 20.6 Å². The predicted molar refractivity (Wildman–Crippen MR) is 127 cm³/mol. The van der Waals surface area contributed by atoms with Gasteiger partial charge in [-0.25, -0.2) is 9.97 Å². The predicted octanol–water partition coefficient (Wildman–Crippen LogP) is 6.22. The van der Waals surface area contributed by atoms with Gasteiger partial charge in [-0.05, 0) is 48.0 Å². The number of alkyl halides is 2. The summed E-state index contributed by atoms with van der Waals surface area (Å²) < 4.78 is -1.31. The van der Waals surface area contributed by atoms with Crippen molar-refractivity contribution in [1.82, 2.24) is 9.97 Å². The summed E-state index contributed by atoms with van der Waals surface area (Å²) in [7, 11) is 0. The Bertz CT molecular complexity index is 1190. The van der Waals surface area contributed by atoms with E-state index in [4.69, 9.17) is 58.0 Å². The number of amides is 2. The number of benzene rings is 2. The van der Waals surface area contributed by atoms with Gasteiger partial charge in [-0.3, -0.25) is 9.59 Å². The molecule has 1 aromatic heterocycles. The average Bonchev–Trinajstić information content (AvgIpc) is 3.32. The molecule has 2 aromatic carbocycles. The second kappa shape index (κ2) is 9.04. The highest BCUT2D eigenvalue weighted by Crippen LogP contribution is 2.65. The summed E-state index contributed by atoms with van der Waals surface area (Å²) in [6, 6.07) is 11.2. The standard InChI is InChI=1S/C21H13Cl5N4O2/c22-11-6-10(7-12(23)8-11)16-17(21(16,25)26)19(31)29-13-2-3-14(24)15(9-13)30-20(32)18-27-4-1-5-28-18/h1-9,16-17H,(H,29,31)(H,30,32). The van der Waals surface area contributed by atoms with Gasteiger partial charge in [-0.1, -0.05) is 34.8 Å². The molecule has 2 atom stereocenters. The van der Waals surface area contributed by atoms with Crippen LogP contribution < -0.4 is 10.6 Å². The van der Waals surface area contributed by atoms with Gasteiger partial charge in [0.15, 0.2) is 0 Å². The molecule has 6 nitrogen and oxygen atoms in total. The van der Waals surface area contributed by atoms with E-state index in [1.807, 2.05) is 0 Å². The van der Waals surface area contributed by atoms with Crippen molar-refractivity contribution in [2.75, 3.05) is 10.6 Å². The second-order valence-electron chi connectivity index (χ2n) is 7.04. The van der Waals surface area contributed by atoms with E-state index >= 15 is 0 Å². The average molecular weight is 531 g/mol. The fraction of sp³-hybridized carbons (Fsp3) is 0.143. The number of hydrogen-bond acceptors (Lipinski definition) is 4. The zero-order valence-electron chi connectivity index (χ0n) is 16.0. The molecule has 0 spiro atoms. The monoisotopic (exact) mass is 528 g/mol. The minimum Gasteiger partial charge on any atom is -0.326 e. The van der Waals surface area contributed by atoms with Crippen LogP contribution in [0.4, 0.5) is 11.4 Å². The summed E-state index contributed by atoms with van der Waals surface area (Å²) in [6.07, 6.45) is 2.90. The van der Waals surface area contributed by atoms with Crippen LogP contribution in [-0.4, -0.2) is 26.1 Å². The summed E-state index contributed by atoms with van der Waals surface area (Å²) in [5.74, 6) is -2.18. The van der Waals surface area contributed by atoms with Crippen molar-refractivity contribution >= 4 is 81.2 Å². The molecule has 2 unspecified atom stereocenters. The van der Waals surface area contributed by atoms with Gasteiger partial charge >= 0.3 is 0 Å². The molecular formula is C21H13Cl5N4O2. The molecule has 0 aliphatic heterocycles. The number of nitrogens with zero attached hydrogens (tertiary/aromatic N) is 2. The maximum Gasteiger partial charge on any atom is 0.293 e. The molecule has 4 rings (SSSR count). The normalized spacial score (nSPS) is 18.7.